The fourth-order valence-corrected chi connectivity index (χ4v) is 3.95. The third-order valence-electron chi connectivity index (χ3n) is 5.60. The second kappa shape index (κ2) is 8.45. The van der Waals surface area contributed by atoms with Gasteiger partial charge in [0.05, 0.1) is 17.2 Å². The van der Waals surface area contributed by atoms with Crippen molar-refractivity contribution in [1.29, 1.82) is 0 Å². The number of anilines is 1. The topological polar surface area (TPSA) is 71.5 Å². The van der Waals surface area contributed by atoms with Crippen LogP contribution < -0.4 is 11.2 Å². The van der Waals surface area contributed by atoms with Crippen LogP contribution in [0.1, 0.15) is 36.9 Å². The van der Waals surface area contributed by atoms with E-state index < -0.39 is 0 Å². The van der Waals surface area contributed by atoms with Gasteiger partial charge in [-0.2, -0.15) is 5.10 Å². The number of hydrogen-bond donors (Lipinski definition) is 2. The minimum atomic E-state index is 0.106. The van der Waals surface area contributed by atoms with Gasteiger partial charge in [0.1, 0.15) is 6.33 Å². The largest absolute Gasteiger partial charge is 0.381 e. The lowest BCUT2D eigenvalue weighted by Gasteiger charge is -2.21. The predicted octanol–water partition coefficient (Wildman–Crippen LogP) is 4.58. The van der Waals surface area contributed by atoms with Crippen molar-refractivity contribution in [3.8, 4) is 0 Å². The summed E-state index contributed by atoms with van der Waals surface area (Å²) in [5.74, 6) is 5.36. The Labute approximate surface area is 177 Å². The maximum Gasteiger partial charge on any atom is 0.100 e. The number of rotatable bonds is 6. The molecule has 0 fully saturated rings. The van der Waals surface area contributed by atoms with E-state index in [9.17, 15) is 0 Å². The molecule has 0 spiro atoms. The van der Waals surface area contributed by atoms with E-state index in [0.29, 0.717) is 0 Å². The first-order chi connectivity index (χ1) is 14.6. The van der Waals surface area contributed by atoms with E-state index in [4.69, 9.17) is 5.84 Å². The molecule has 3 N–H and O–H groups in total. The number of nitrogens with two attached hydrogens (primary N) is 1. The molecule has 30 heavy (non-hydrogen) atoms. The second-order valence-electron chi connectivity index (χ2n) is 7.80. The average Bonchev–Trinajstić information content (AvgIpc) is 3.17. The van der Waals surface area contributed by atoms with Crippen LogP contribution in [0, 0.1) is 0 Å². The number of nitrogens with zero attached hydrogens (tertiary/aromatic N) is 4. The monoisotopic (exact) mass is 400 g/mol. The first kappa shape index (κ1) is 19.8. The molecule has 1 aliphatic rings. The molecule has 6 heteroatoms. The molecule has 0 bridgehead atoms. The summed E-state index contributed by atoms with van der Waals surface area (Å²) in [6.45, 7) is 2.13. The Hall–Kier alpha value is -3.54. The van der Waals surface area contributed by atoms with Gasteiger partial charge in [-0.25, -0.2) is 4.98 Å². The van der Waals surface area contributed by atoms with Crippen molar-refractivity contribution >= 4 is 28.6 Å². The van der Waals surface area contributed by atoms with Gasteiger partial charge in [-0.1, -0.05) is 24.3 Å². The molecule has 0 aliphatic heterocycles. The van der Waals surface area contributed by atoms with Gasteiger partial charge in [-0.3, -0.25) is 0 Å². The molecule has 1 aliphatic carbocycles. The van der Waals surface area contributed by atoms with Crippen LogP contribution in [0.5, 0.6) is 0 Å². The van der Waals surface area contributed by atoms with E-state index >= 15 is 0 Å². The van der Waals surface area contributed by atoms with Crippen molar-refractivity contribution in [2.75, 3.05) is 19.4 Å². The van der Waals surface area contributed by atoms with E-state index in [1.54, 1.807) is 6.21 Å². The molecule has 1 unspecified atom stereocenters. The van der Waals surface area contributed by atoms with Gasteiger partial charge in [-0.05, 0) is 61.2 Å². The standard InChI is InChI=1S/C24H28N6/c1-17(22-7-5-4-6-18(22)15-27-25)28-19-8-13-24-23(14-19)26-16-30(24)21-11-9-20(10-12-21)29(2)3/h4-9,11,13-17,28H,10,12,25H2,1-3H3/b27-15-. The summed E-state index contributed by atoms with van der Waals surface area (Å²) in [7, 11) is 4.18. The van der Waals surface area contributed by atoms with Crippen LogP contribution in [0.15, 0.2) is 71.7 Å². The second-order valence-corrected chi connectivity index (χ2v) is 7.80. The van der Waals surface area contributed by atoms with Gasteiger partial charge in [-0.15, -0.1) is 0 Å². The zero-order chi connectivity index (χ0) is 21.1. The zero-order valence-electron chi connectivity index (χ0n) is 17.7. The van der Waals surface area contributed by atoms with E-state index in [1.807, 2.05) is 24.5 Å². The Morgan fingerprint density at radius 3 is 2.73 bits per heavy atom. The van der Waals surface area contributed by atoms with E-state index in [-0.39, 0.29) is 6.04 Å². The van der Waals surface area contributed by atoms with Gasteiger partial charge in [0.2, 0.25) is 0 Å². The Kier molecular flexibility index (Phi) is 5.57. The number of allylic oxidation sites excluding steroid dienone is 4. The Morgan fingerprint density at radius 2 is 2.00 bits per heavy atom. The van der Waals surface area contributed by atoms with Crippen LogP contribution in [0.2, 0.25) is 0 Å². The predicted molar refractivity (Wildman–Crippen MR) is 125 cm³/mol. The van der Waals surface area contributed by atoms with Crippen molar-refractivity contribution < 1.29 is 0 Å². The molecule has 0 saturated carbocycles. The number of hydrogen-bond acceptors (Lipinski definition) is 5. The van der Waals surface area contributed by atoms with Gasteiger partial charge in [0, 0.05) is 37.2 Å². The van der Waals surface area contributed by atoms with E-state index in [2.05, 4.69) is 82.3 Å². The summed E-state index contributed by atoms with van der Waals surface area (Å²) in [6.07, 6.45) is 10.1. The summed E-state index contributed by atoms with van der Waals surface area (Å²) < 4.78 is 2.19. The molecule has 0 saturated heterocycles. The third-order valence-corrected chi connectivity index (χ3v) is 5.60. The summed E-state index contributed by atoms with van der Waals surface area (Å²) in [5, 5.41) is 7.26. The van der Waals surface area contributed by atoms with Crippen LogP contribution >= 0.6 is 0 Å². The van der Waals surface area contributed by atoms with Crippen LogP contribution in [0.4, 0.5) is 5.69 Å². The highest BCUT2D eigenvalue weighted by atomic mass is 15.1. The van der Waals surface area contributed by atoms with Gasteiger partial charge < -0.3 is 20.6 Å². The molecule has 154 valence electrons. The number of nitrogens with one attached hydrogen (secondary N) is 1. The van der Waals surface area contributed by atoms with E-state index in [0.717, 1.165) is 40.7 Å². The molecule has 3 aromatic rings. The lowest BCUT2D eigenvalue weighted by atomic mass is 10.0. The van der Waals surface area contributed by atoms with Crippen LogP contribution in [0.3, 0.4) is 0 Å². The summed E-state index contributed by atoms with van der Waals surface area (Å²) in [4.78, 5) is 6.83. The summed E-state index contributed by atoms with van der Waals surface area (Å²) >= 11 is 0. The fraction of sp³-hybridized carbons (Fsp3) is 0.250. The molecule has 1 aromatic heterocycles. The van der Waals surface area contributed by atoms with Crippen molar-refractivity contribution in [1.82, 2.24) is 14.5 Å². The first-order valence-electron chi connectivity index (χ1n) is 10.2. The van der Waals surface area contributed by atoms with Crippen molar-refractivity contribution in [3.05, 3.63) is 77.8 Å². The number of fused-ring (bicyclic) bond motifs is 1. The maximum atomic E-state index is 5.36. The van der Waals surface area contributed by atoms with Gasteiger partial charge in [0.15, 0.2) is 0 Å². The lowest BCUT2D eigenvalue weighted by molar-refractivity contribution is 0.486. The smallest absolute Gasteiger partial charge is 0.100 e. The molecule has 0 amide bonds. The van der Waals surface area contributed by atoms with Crippen LogP contribution in [0.25, 0.3) is 16.7 Å². The summed E-state index contributed by atoms with van der Waals surface area (Å²) in [5.41, 5.74) is 7.92. The molecular formula is C24H28N6. The molecule has 6 nitrogen and oxygen atoms in total. The SMILES string of the molecule is CC(Nc1ccc2c(c1)ncn2C1=CC=C(N(C)C)CC1)c1ccccc1/C=N\N. The number of hydrazone groups is 1. The van der Waals surface area contributed by atoms with Crippen molar-refractivity contribution in [3.63, 3.8) is 0 Å². The molecule has 2 aromatic carbocycles. The van der Waals surface area contributed by atoms with Crippen molar-refractivity contribution in [2.24, 2.45) is 10.9 Å². The Bertz CT molecular complexity index is 1140. The first-order valence-corrected chi connectivity index (χ1v) is 10.2. The zero-order valence-corrected chi connectivity index (χ0v) is 17.7. The molecule has 1 heterocycles. The highest BCUT2D eigenvalue weighted by Crippen LogP contribution is 2.29. The quantitative estimate of drug-likeness (QED) is 0.361. The van der Waals surface area contributed by atoms with Gasteiger partial charge in [0.25, 0.3) is 0 Å². The normalized spacial score (nSPS) is 15.2. The molecule has 4 rings (SSSR count). The average molecular weight is 401 g/mol. The number of imidazole rings is 1. The lowest BCUT2D eigenvalue weighted by Crippen LogP contribution is -2.13. The number of benzene rings is 2. The van der Waals surface area contributed by atoms with E-state index in [1.165, 1.54) is 11.4 Å². The highest BCUT2D eigenvalue weighted by molar-refractivity contribution is 5.84. The Morgan fingerprint density at radius 1 is 1.17 bits per heavy atom. The van der Waals surface area contributed by atoms with Crippen LogP contribution in [-0.4, -0.2) is 34.8 Å². The Balaban J connectivity index is 1.57. The minimum absolute atomic E-state index is 0.106. The maximum absolute atomic E-state index is 5.36. The molecule has 1 atom stereocenters. The van der Waals surface area contributed by atoms with Gasteiger partial charge >= 0.3 is 0 Å². The fourth-order valence-electron chi connectivity index (χ4n) is 3.95. The summed E-state index contributed by atoms with van der Waals surface area (Å²) in [6, 6.07) is 14.6. The number of aromatic nitrogens is 2. The van der Waals surface area contributed by atoms with Crippen LogP contribution in [-0.2, 0) is 0 Å². The molecular weight excluding hydrogens is 372 g/mol. The van der Waals surface area contributed by atoms with Crippen molar-refractivity contribution in [2.45, 2.75) is 25.8 Å². The minimum Gasteiger partial charge on any atom is -0.381 e. The third kappa shape index (κ3) is 3.94. The molecule has 0 radical (unpaired) electrons. The highest BCUT2D eigenvalue weighted by Gasteiger charge is 2.14.